The van der Waals surface area contributed by atoms with Crippen LogP contribution in [0, 0.1) is 11.8 Å². The van der Waals surface area contributed by atoms with E-state index in [2.05, 4.69) is 5.16 Å². The Kier molecular flexibility index (Phi) is 4.27. The number of benzene rings is 1. The first kappa shape index (κ1) is 14.4. The summed E-state index contributed by atoms with van der Waals surface area (Å²) in [5, 5.41) is 11.7. The van der Waals surface area contributed by atoms with E-state index >= 15 is 0 Å². The van der Waals surface area contributed by atoms with Crippen molar-refractivity contribution in [1.82, 2.24) is 4.90 Å². The topological polar surface area (TPSA) is 78.9 Å². The maximum absolute atomic E-state index is 12.2. The third kappa shape index (κ3) is 3.29. The molecule has 0 bridgehead atoms. The van der Waals surface area contributed by atoms with Crippen LogP contribution >= 0.6 is 0 Å². The first-order valence-electron chi connectivity index (χ1n) is 6.84. The van der Waals surface area contributed by atoms with Crippen molar-refractivity contribution in [3.05, 3.63) is 35.4 Å². The zero-order valence-corrected chi connectivity index (χ0v) is 11.9. The third-order valence-electron chi connectivity index (χ3n) is 3.85. The molecule has 20 heavy (non-hydrogen) atoms. The standard InChI is InChI=1S/C15H21N3O2/c1-10(12-6-7-12)15(19)18(2)9-11-4-3-5-13(8-11)14(16)17-20/h3-5,8,10,12,20H,6-7,9H2,1-2H3,(H2,16,17). The molecular weight excluding hydrogens is 254 g/mol. The number of carbonyl (C=O) groups is 1. The summed E-state index contributed by atoms with van der Waals surface area (Å²) in [5.74, 6) is 0.926. The Morgan fingerprint density at radius 1 is 1.55 bits per heavy atom. The van der Waals surface area contributed by atoms with Crippen molar-refractivity contribution in [2.45, 2.75) is 26.3 Å². The van der Waals surface area contributed by atoms with Gasteiger partial charge in [-0.15, -0.1) is 0 Å². The lowest BCUT2D eigenvalue weighted by atomic mass is 10.0. The number of carbonyl (C=O) groups excluding carboxylic acids is 1. The zero-order chi connectivity index (χ0) is 14.7. The second kappa shape index (κ2) is 5.94. The maximum Gasteiger partial charge on any atom is 0.225 e. The largest absolute Gasteiger partial charge is 0.409 e. The highest BCUT2D eigenvalue weighted by atomic mass is 16.4. The molecule has 0 heterocycles. The van der Waals surface area contributed by atoms with Gasteiger partial charge in [-0.05, 0) is 30.4 Å². The molecule has 1 unspecified atom stereocenters. The molecule has 1 aliphatic rings. The van der Waals surface area contributed by atoms with Crippen molar-refractivity contribution in [2.75, 3.05) is 7.05 Å². The average Bonchev–Trinajstić information content (AvgIpc) is 3.29. The Morgan fingerprint density at radius 3 is 2.85 bits per heavy atom. The van der Waals surface area contributed by atoms with Gasteiger partial charge in [-0.25, -0.2) is 0 Å². The molecule has 1 aliphatic carbocycles. The van der Waals surface area contributed by atoms with Crippen LogP contribution in [-0.2, 0) is 11.3 Å². The number of hydrogen-bond donors (Lipinski definition) is 2. The molecular formula is C15H21N3O2. The monoisotopic (exact) mass is 275 g/mol. The van der Waals surface area contributed by atoms with E-state index in [1.165, 1.54) is 12.8 Å². The highest BCUT2D eigenvalue weighted by Crippen LogP contribution is 2.37. The normalized spacial score (nSPS) is 16.8. The molecule has 0 spiro atoms. The molecule has 1 amide bonds. The molecule has 1 aromatic carbocycles. The first-order valence-corrected chi connectivity index (χ1v) is 6.84. The fourth-order valence-electron chi connectivity index (χ4n) is 2.38. The number of nitrogens with two attached hydrogens (primary N) is 1. The van der Waals surface area contributed by atoms with Crippen LogP contribution in [0.3, 0.4) is 0 Å². The van der Waals surface area contributed by atoms with Crippen molar-refractivity contribution in [3.8, 4) is 0 Å². The summed E-state index contributed by atoms with van der Waals surface area (Å²) in [6.07, 6.45) is 2.33. The Morgan fingerprint density at radius 2 is 2.25 bits per heavy atom. The van der Waals surface area contributed by atoms with Gasteiger partial charge in [0, 0.05) is 25.1 Å². The van der Waals surface area contributed by atoms with Gasteiger partial charge in [-0.3, -0.25) is 4.79 Å². The van der Waals surface area contributed by atoms with E-state index in [1.54, 1.807) is 11.0 Å². The summed E-state index contributed by atoms with van der Waals surface area (Å²) in [4.78, 5) is 14.0. The molecule has 0 aromatic heterocycles. The quantitative estimate of drug-likeness (QED) is 0.372. The van der Waals surface area contributed by atoms with Gasteiger partial charge in [0.2, 0.25) is 5.91 Å². The van der Waals surface area contributed by atoms with Gasteiger partial charge in [0.1, 0.15) is 0 Å². The molecule has 1 fully saturated rings. The molecule has 1 atom stereocenters. The van der Waals surface area contributed by atoms with Crippen LogP contribution in [0.4, 0.5) is 0 Å². The van der Waals surface area contributed by atoms with Crippen LogP contribution in [0.1, 0.15) is 30.9 Å². The van der Waals surface area contributed by atoms with E-state index in [0.717, 1.165) is 5.56 Å². The average molecular weight is 275 g/mol. The lowest BCUT2D eigenvalue weighted by molar-refractivity contribution is -0.134. The predicted octanol–water partition coefficient (Wildman–Crippen LogP) is 1.79. The number of hydrogen-bond acceptors (Lipinski definition) is 3. The van der Waals surface area contributed by atoms with Crippen LogP contribution in [-0.4, -0.2) is 28.9 Å². The van der Waals surface area contributed by atoms with E-state index < -0.39 is 0 Å². The van der Waals surface area contributed by atoms with Crippen molar-refractivity contribution in [2.24, 2.45) is 22.7 Å². The smallest absolute Gasteiger partial charge is 0.225 e. The Balaban J connectivity index is 2.03. The Labute approximate surface area is 119 Å². The fraction of sp³-hybridized carbons (Fsp3) is 0.467. The minimum atomic E-state index is 0.0761. The number of rotatable bonds is 5. The van der Waals surface area contributed by atoms with E-state index in [0.29, 0.717) is 18.0 Å². The molecule has 5 nitrogen and oxygen atoms in total. The highest BCUT2D eigenvalue weighted by molar-refractivity contribution is 5.97. The molecule has 0 radical (unpaired) electrons. The van der Waals surface area contributed by atoms with Crippen molar-refractivity contribution < 1.29 is 10.0 Å². The second-order valence-electron chi connectivity index (χ2n) is 5.51. The van der Waals surface area contributed by atoms with Crippen LogP contribution in [0.5, 0.6) is 0 Å². The molecule has 0 aliphatic heterocycles. The van der Waals surface area contributed by atoms with Crippen LogP contribution in [0.25, 0.3) is 0 Å². The van der Waals surface area contributed by atoms with E-state index in [1.807, 2.05) is 32.2 Å². The summed E-state index contributed by atoms with van der Waals surface area (Å²) >= 11 is 0. The summed E-state index contributed by atoms with van der Waals surface area (Å²) in [7, 11) is 1.82. The molecule has 1 aromatic rings. The number of amides is 1. The Hall–Kier alpha value is -2.04. The molecule has 3 N–H and O–H groups in total. The van der Waals surface area contributed by atoms with Gasteiger partial charge in [0.25, 0.3) is 0 Å². The second-order valence-corrected chi connectivity index (χ2v) is 5.51. The Bertz CT molecular complexity index is 524. The fourth-order valence-corrected chi connectivity index (χ4v) is 2.38. The minimum absolute atomic E-state index is 0.0761. The predicted molar refractivity (Wildman–Crippen MR) is 77.3 cm³/mol. The lowest BCUT2D eigenvalue weighted by Crippen LogP contribution is -2.32. The third-order valence-corrected chi connectivity index (χ3v) is 3.85. The lowest BCUT2D eigenvalue weighted by Gasteiger charge is -2.21. The van der Waals surface area contributed by atoms with Crippen molar-refractivity contribution >= 4 is 11.7 Å². The van der Waals surface area contributed by atoms with Crippen LogP contribution < -0.4 is 5.73 Å². The molecule has 5 heteroatoms. The van der Waals surface area contributed by atoms with Crippen molar-refractivity contribution in [1.29, 1.82) is 0 Å². The van der Waals surface area contributed by atoms with Gasteiger partial charge in [-0.2, -0.15) is 0 Å². The summed E-state index contributed by atoms with van der Waals surface area (Å²) in [5.41, 5.74) is 7.19. The van der Waals surface area contributed by atoms with E-state index in [4.69, 9.17) is 10.9 Å². The maximum atomic E-state index is 12.2. The van der Waals surface area contributed by atoms with E-state index in [9.17, 15) is 4.79 Å². The van der Waals surface area contributed by atoms with Gasteiger partial charge < -0.3 is 15.8 Å². The van der Waals surface area contributed by atoms with Gasteiger partial charge >= 0.3 is 0 Å². The summed E-state index contributed by atoms with van der Waals surface area (Å²) < 4.78 is 0. The van der Waals surface area contributed by atoms with Gasteiger partial charge in [0.05, 0.1) is 0 Å². The highest BCUT2D eigenvalue weighted by Gasteiger charge is 2.33. The number of nitrogens with zero attached hydrogens (tertiary/aromatic N) is 2. The van der Waals surface area contributed by atoms with Crippen molar-refractivity contribution in [3.63, 3.8) is 0 Å². The first-order chi connectivity index (χ1) is 9.52. The van der Waals surface area contributed by atoms with Gasteiger partial charge in [-0.1, -0.05) is 30.3 Å². The summed E-state index contributed by atoms with van der Waals surface area (Å²) in [6, 6.07) is 7.37. The van der Waals surface area contributed by atoms with Gasteiger partial charge in [0.15, 0.2) is 5.84 Å². The molecule has 1 saturated carbocycles. The molecule has 2 rings (SSSR count). The number of oxime groups is 1. The SMILES string of the molecule is CC(C(=O)N(C)Cc1cccc(/C(N)=N/O)c1)C1CC1. The molecule has 0 saturated heterocycles. The molecule has 108 valence electrons. The zero-order valence-electron chi connectivity index (χ0n) is 11.9. The minimum Gasteiger partial charge on any atom is -0.409 e. The number of amidine groups is 1. The van der Waals surface area contributed by atoms with Crippen LogP contribution in [0.15, 0.2) is 29.4 Å². The summed E-state index contributed by atoms with van der Waals surface area (Å²) in [6.45, 7) is 2.53. The van der Waals surface area contributed by atoms with E-state index in [-0.39, 0.29) is 17.7 Å². The van der Waals surface area contributed by atoms with Crippen LogP contribution in [0.2, 0.25) is 0 Å².